The molecule has 0 aliphatic carbocycles. The molecular weight excluding hydrogens is 513 g/mol. The molecule has 0 radical (unpaired) electrons. The van der Waals surface area contributed by atoms with Crippen molar-refractivity contribution in [2.45, 2.75) is 39.2 Å². The number of carbonyl (C=O) groups is 1. The van der Waals surface area contributed by atoms with E-state index in [4.69, 9.17) is 11.6 Å². The van der Waals surface area contributed by atoms with E-state index in [0.29, 0.717) is 5.92 Å². The molecule has 6 nitrogen and oxygen atoms in total. The molecule has 2 fully saturated rings. The Morgan fingerprint density at radius 3 is 2.50 bits per heavy atom. The summed E-state index contributed by atoms with van der Waals surface area (Å²) in [5, 5.41) is 7.55. The molecule has 2 aliphatic heterocycles. The number of likely N-dealkylation sites (tertiary alicyclic amines) is 2. The van der Waals surface area contributed by atoms with E-state index in [9.17, 15) is 4.79 Å². The third-order valence-corrected chi connectivity index (χ3v) is 6.16. The zero-order valence-corrected chi connectivity index (χ0v) is 21.0. The SMILES string of the molecule is CCNC(=NCC(=O)N1CCCC1)NCC1CCN(Cc2ccccc2Cl)CC1.I. The van der Waals surface area contributed by atoms with Crippen LogP contribution in [-0.2, 0) is 11.3 Å². The van der Waals surface area contributed by atoms with Crippen LogP contribution in [0.15, 0.2) is 29.3 Å². The summed E-state index contributed by atoms with van der Waals surface area (Å²) in [5.41, 5.74) is 1.20. The second kappa shape index (κ2) is 13.4. The van der Waals surface area contributed by atoms with Crippen molar-refractivity contribution in [1.29, 1.82) is 0 Å². The maximum Gasteiger partial charge on any atom is 0.244 e. The summed E-state index contributed by atoms with van der Waals surface area (Å²) in [7, 11) is 0. The van der Waals surface area contributed by atoms with Gasteiger partial charge in [0.2, 0.25) is 5.91 Å². The maximum atomic E-state index is 12.2. The Labute approximate surface area is 202 Å². The highest BCUT2D eigenvalue weighted by Gasteiger charge is 2.20. The predicted molar refractivity (Wildman–Crippen MR) is 135 cm³/mol. The number of piperidine rings is 1. The van der Waals surface area contributed by atoms with Crippen LogP contribution in [-0.4, -0.2) is 67.5 Å². The summed E-state index contributed by atoms with van der Waals surface area (Å²) in [6, 6.07) is 8.10. The summed E-state index contributed by atoms with van der Waals surface area (Å²) in [6.07, 6.45) is 4.54. The fourth-order valence-corrected chi connectivity index (χ4v) is 4.21. The highest BCUT2D eigenvalue weighted by molar-refractivity contribution is 14.0. The van der Waals surface area contributed by atoms with E-state index in [1.54, 1.807) is 0 Å². The van der Waals surface area contributed by atoms with Crippen molar-refractivity contribution in [3.8, 4) is 0 Å². The molecule has 1 aromatic rings. The third-order valence-electron chi connectivity index (χ3n) is 5.79. The first-order chi connectivity index (χ1) is 14.2. The lowest BCUT2D eigenvalue weighted by Gasteiger charge is -2.32. The van der Waals surface area contributed by atoms with Gasteiger partial charge in [-0.25, -0.2) is 4.99 Å². The standard InChI is InChI=1S/C22H34ClN5O.HI/c1-2-24-22(26-16-21(29)28-11-5-6-12-28)25-15-18-9-13-27(14-10-18)17-19-7-3-4-8-20(19)23;/h3-4,7-8,18H,2,5-6,9-17H2,1H3,(H2,24,25,26);1H. The number of amides is 1. The molecule has 8 heteroatoms. The molecule has 2 N–H and O–H groups in total. The van der Waals surface area contributed by atoms with Gasteiger partial charge in [-0.2, -0.15) is 0 Å². The zero-order valence-electron chi connectivity index (χ0n) is 17.9. The first-order valence-corrected chi connectivity index (χ1v) is 11.3. The Morgan fingerprint density at radius 1 is 1.13 bits per heavy atom. The largest absolute Gasteiger partial charge is 0.357 e. The van der Waals surface area contributed by atoms with Crippen molar-refractivity contribution < 1.29 is 4.79 Å². The van der Waals surface area contributed by atoms with Gasteiger partial charge in [-0.1, -0.05) is 29.8 Å². The molecule has 1 aromatic carbocycles. The summed E-state index contributed by atoms with van der Waals surface area (Å²) in [5.74, 6) is 1.50. The fourth-order valence-electron chi connectivity index (χ4n) is 4.01. The van der Waals surface area contributed by atoms with E-state index >= 15 is 0 Å². The molecule has 0 saturated carbocycles. The number of hydrogen-bond donors (Lipinski definition) is 2. The summed E-state index contributed by atoms with van der Waals surface area (Å²) < 4.78 is 0. The van der Waals surface area contributed by atoms with Crippen molar-refractivity contribution in [3.63, 3.8) is 0 Å². The average Bonchev–Trinajstić information content (AvgIpc) is 3.28. The van der Waals surface area contributed by atoms with E-state index in [0.717, 1.165) is 82.5 Å². The van der Waals surface area contributed by atoms with Gasteiger partial charge < -0.3 is 15.5 Å². The minimum atomic E-state index is 0. The van der Waals surface area contributed by atoms with Crippen LogP contribution in [0.3, 0.4) is 0 Å². The molecule has 0 unspecified atom stereocenters. The minimum Gasteiger partial charge on any atom is -0.357 e. The normalized spacial score (nSPS) is 18.2. The molecule has 0 bridgehead atoms. The predicted octanol–water partition coefficient (Wildman–Crippen LogP) is 3.35. The van der Waals surface area contributed by atoms with Crippen LogP contribution < -0.4 is 10.6 Å². The first kappa shape index (κ1) is 25.2. The number of halogens is 2. The number of hydrogen-bond acceptors (Lipinski definition) is 3. The van der Waals surface area contributed by atoms with Gasteiger partial charge in [-0.15, -0.1) is 24.0 Å². The van der Waals surface area contributed by atoms with Crippen molar-refractivity contribution >= 4 is 47.4 Å². The fraction of sp³-hybridized carbons (Fsp3) is 0.636. The number of carbonyl (C=O) groups excluding carboxylic acids is 1. The molecule has 2 aliphatic rings. The number of nitrogens with one attached hydrogen (secondary N) is 2. The van der Waals surface area contributed by atoms with Crippen LogP contribution in [0.5, 0.6) is 0 Å². The summed E-state index contributed by atoms with van der Waals surface area (Å²) >= 11 is 6.30. The van der Waals surface area contributed by atoms with E-state index in [-0.39, 0.29) is 36.4 Å². The van der Waals surface area contributed by atoms with Crippen LogP contribution in [0.25, 0.3) is 0 Å². The smallest absolute Gasteiger partial charge is 0.244 e. The molecule has 30 heavy (non-hydrogen) atoms. The van der Waals surface area contributed by atoms with Gasteiger partial charge in [0.1, 0.15) is 6.54 Å². The van der Waals surface area contributed by atoms with Crippen LogP contribution in [0, 0.1) is 5.92 Å². The van der Waals surface area contributed by atoms with Gasteiger partial charge in [0.15, 0.2) is 5.96 Å². The van der Waals surface area contributed by atoms with Crippen molar-refractivity contribution in [2.75, 3.05) is 45.8 Å². The summed E-state index contributed by atoms with van der Waals surface area (Å²) in [4.78, 5) is 21.1. The van der Waals surface area contributed by atoms with E-state index < -0.39 is 0 Å². The van der Waals surface area contributed by atoms with Gasteiger partial charge >= 0.3 is 0 Å². The monoisotopic (exact) mass is 547 g/mol. The van der Waals surface area contributed by atoms with Crippen LogP contribution in [0.4, 0.5) is 0 Å². The second-order valence-electron chi connectivity index (χ2n) is 7.97. The number of benzene rings is 1. The molecule has 0 spiro atoms. The summed E-state index contributed by atoms with van der Waals surface area (Å²) in [6.45, 7) is 8.80. The van der Waals surface area contributed by atoms with Crippen LogP contribution in [0.2, 0.25) is 5.02 Å². The molecular formula is C22H35ClIN5O. The number of nitrogens with zero attached hydrogens (tertiary/aromatic N) is 3. The van der Waals surface area contributed by atoms with Gasteiger partial charge in [0.25, 0.3) is 0 Å². The number of rotatable bonds is 7. The molecule has 168 valence electrons. The topological polar surface area (TPSA) is 60.0 Å². The Balaban J connectivity index is 0.00000320. The minimum absolute atomic E-state index is 0. The number of guanidine groups is 1. The Bertz CT molecular complexity index is 688. The van der Waals surface area contributed by atoms with Gasteiger partial charge in [-0.3, -0.25) is 9.69 Å². The van der Waals surface area contributed by atoms with Gasteiger partial charge in [0, 0.05) is 37.7 Å². The van der Waals surface area contributed by atoms with Crippen LogP contribution in [0.1, 0.15) is 38.2 Å². The van der Waals surface area contributed by atoms with Gasteiger partial charge in [-0.05, 0) is 63.2 Å². The Morgan fingerprint density at radius 2 is 1.83 bits per heavy atom. The lowest BCUT2D eigenvalue weighted by Crippen LogP contribution is -2.43. The molecule has 2 heterocycles. The highest BCUT2D eigenvalue weighted by Crippen LogP contribution is 2.21. The lowest BCUT2D eigenvalue weighted by molar-refractivity contribution is -0.128. The van der Waals surface area contributed by atoms with E-state index in [1.165, 1.54) is 5.56 Å². The number of aliphatic imine (C=N–C) groups is 1. The highest BCUT2D eigenvalue weighted by atomic mass is 127. The molecule has 3 rings (SSSR count). The molecule has 1 amide bonds. The van der Waals surface area contributed by atoms with Crippen molar-refractivity contribution in [1.82, 2.24) is 20.4 Å². The second-order valence-corrected chi connectivity index (χ2v) is 8.38. The van der Waals surface area contributed by atoms with Crippen LogP contribution >= 0.6 is 35.6 Å². The first-order valence-electron chi connectivity index (χ1n) is 10.9. The van der Waals surface area contributed by atoms with Crippen molar-refractivity contribution in [2.24, 2.45) is 10.9 Å². The third kappa shape index (κ3) is 7.89. The van der Waals surface area contributed by atoms with E-state index in [2.05, 4.69) is 26.6 Å². The molecule has 2 saturated heterocycles. The zero-order chi connectivity index (χ0) is 20.5. The average molecular weight is 548 g/mol. The van der Waals surface area contributed by atoms with Crippen molar-refractivity contribution in [3.05, 3.63) is 34.9 Å². The maximum absolute atomic E-state index is 12.2. The lowest BCUT2D eigenvalue weighted by atomic mass is 9.96. The molecule has 0 aromatic heterocycles. The Kier molecular flexibility index (Phi) is 11.2. The Hall–Kier alpha value is -1.06. The molecule has 0 atom stereocenters. The quantitative estimate of drug-likeness (QED) is 0.312. The van der Waals surface area contributed by atoms with E-state index in [1.807, 2.05) is 30.0 Å². The van der Waals surface area contributed by atoms with Gasteiger partial charge in [0.05, 0.1) is 0 Å².